The second kappa shape index (κ2) is 7.88. The zero-order valence-corrected chi connectivity index (χ0v) is 18.0. The van der Waals surface area contributed by atoms with Crippen LogP contribution in [-0.2, 0) is 24.1 Å². The highest BCUT2D eigenvalue weighted by Gasteiger charge is 2.25. The molecule has 3 aromatic heterocycles. The Morgan fingerprint density at radius 1 is 1.20 bits per heavy atom. The van der Waals surface area contributed by atoms with Crippen molar-refractivity contribution in [2.75, 3.05) is 0 Å². The Labute approximate surface area is 179 Å². The molecular formula is C25H25NO3S. The van der Waals surface area contributed by atoms with Gasteiger partial charge in [-0.1, -0.05) is 18.2 Å². The van der Waals surface area contributed by atoms with E-state index in [2.05, 4.69) is 19.1 Å². The van der Waals surface area contributed by atoms with Crippen molar-refractivity contribution in [2.45, 2.75) is 58.3 Å². The van der Waals surface area contributed by atoms with E-state index in [0.29, 0.717) is 6.42 Å². The first-order chi connectivity index (χ1) is 14.6. The average molecular weight is 420 g/mol. The summed E-state index contributed by atoms with van der Waals surface area (Å²) in [5, 5.41) is 11.4. The summed E-state index contributed by atoms with van der Waals surface area (Å²) >= 11 is 1.84. The van der Waals surface area contributed by atoms with Gasteiger partial charge in [0.15, 0.2) is 0 Å². The summed E-state index contributed by atoms with van der Waals surface area (Å²) in [5.74, 6) is 0.177. The van der Waals surface area contributed by atoms with Gasteiger partial charge in [-0.2, -0.15) is 0 Å². The Balaban J connectivity index is 1.70. The number of furan rings is 1. The minimum absolute atomic E-state index is 0.211. The van der Waals surface area contributed by atoms with Crippen molar-refractivity contribution < 1.29 is 14.3 Å². The molecule has 3 heterocycles. The van der Waals surface area contributed by atoms with Crippen molar-refractivity contribution >= 4 is 38.5 Å². The number of hydrogen-bond donors (Lipinski definition) is 1. The number of carboxylic acid groups (broad SMARTS) is 1. The fourth-order valence-corrected chi connectivity index (χ4v) is 6.02. The molecular weight excluding hydrogens is 394 g/mol. The van der Waals surface area contributed by atoms with Gasteiger partial charge in [-0.3, -0.25) is 4.79 Å². The van der Waals surface area contributed by atoms with Crippen molar-refractivity contribution in [2.24, 2.45) is 0 Å². The summed E-state index contributed by atoms with van der Waals surface area (Å²) in [6, 6.07) is 10.3. The maximum atomic E-state index is 10.9. The topological polar surface area (TPSA) is 63.3 Å². The average Bonchev–Trinajstić information content (AvgIpc) is 3.31. The highest BCUT2D eigenvalue weighted by molar-refractivity contribution is 7.19. The quantitative estimate of drug-likeness (QED) is 0.353. The van der Waals surface area contributed by atoms with Crippen LogP contribution < -0.4 is 0 Å². The van der Waals surface area contributed by atoms with Gasteiger partial charge in [-0.05, 0) is 75.1 Å². The van der Waals surface area contributed by atoms with E-state index in [9.17, 15) is 4.79 Å². The molecule has 1 N–H and O–H groups in total. The Hall–Kier alpha value is -2.66. The Morgan fingerprint density at radius 3 is 2.87 bits per heavy atom. The molecule has 0 radical (unpaired) electrons. The standard InChI is InChI=1S/C25H25NO3S/c1-15-17(9-4-7-13-22(27)28)23(20-14-16-8-2-5-11-19(16)29-20)24-18-10-3-6-12-21(18)30-25(24)26-15/h2,5,8,11,14H,3-4,6-7,9-10,12-13H2,1H3,(H,27,28). The molecule has 0 spiro atoms. The van der Waals surface area contributed by atoms with E-state index >= 15 is 0 Å². The summed E-state index contributed by atoms with van der Waals surface area (Å²) < 4.78 is 6.35. The number of carbonyl (C=O) groups is 1. The third-order valence-corrected chi connectivity index (χ3v) is 7.34. The normalized spacial score (nSPS) is 13.8. The smallest absolute Gasteiger partial charge is 0.303 e. The van der Waals surface area contributed by atoms with E-state index in [4.69, 9.17) is 14.5 Å². The first kappa shape index (κ1) is 19.3. The summed E-state index contributed by atoms with van der Waals surface area (Å²) in [6.07, 6.45) is 7.26. The van der Waals surface area contributed by atoms with Crippen LogP contribution in [0.4, 0.5) is 0 Å². The number of para-hydroxylation sites is 1. The summed E-state index contributed by atoms with van der Waals surface area (Å²) in [7, 11) is 0. The summed E-state index contributed by atoms with van der Waals surface area (Å²) in [5.41, 5.74) is 5.78. The first-order valence-electron chi connectivity index (χ1n) is 10.8. The molecule has 1 aliphatic carbocycles. The number of nitrogens with zero attached hydrogens (tertiary/aromatic N) is 1. The molecule has 0 saturated heterocycles. The van der Waals surface area contributed by atoms with Crippen molar-refractivity contribution in [1.29, 1.82) is 0 Å². The van der Waals surface area contributed by atoms with Crippen LogP contribution in [0.5, 0.6) is 0 Å². The zero-order chi connectivity index (χ0) is 20.7. The Kier molecular flexibility index (Phi) is 5.07. The third-order valence-electron chi connectivity index (χ3n) is 6.15. The van der Waals surface area contributed by atoms with Crippen molar-refractivity contribution in [3.8, 4) is 11.3 Å². The zero-order valence-electron chi connectivity index (χ0n) is 17.2. The highest BCUT2D eigenvalue weighted by Crippen LogP contribution is 2.44. The second-order valence-corrected chi connectivity index (χ2v) is 9.27. The van der Waals surface area contributed by atoms with Crippen molar-refractivity contribution in [3.63, 3.8) is 0 Å². The van der Waals surface area contributed by atoms with E-state index < -0.39 is 5.97 Å². The number of aromatic nitrogens is 1. The molecule has 0 unspecified atom stereocenters. The number of pyridine rings is 1. The van der Waals surface area contributed by atoms with Gasteiger partial charge < -0.3 is 9.52 Å². The first-order valence-corrected chi connectivity index (χ1v) is 11.6. The fraction of sp³-hybridized carbons (Fsp3) is 0.360. The van der Waals surface area contributed by atoms with E-state index in [1.807, 2.05) is 29.5 Å². The SMILES string of the molecule is Cc1nc2sc3c(c2c(-c2cc4ccccc4o2)c1CCCCC(=O)O)CCCC3. The van der Waals surface area contributed by atoms with Crippen LogP contribution in [0.1, 0.15) is 53.8 Å². The minimum atomic E-state index is -0.732. The lowest BCUT2D eigenvalue weighted by molar-refractivity contribution is -0.137. The molecule has 4 nitrogen and oxygen atoms in total. The van der Waals surface area contributed by atoms with Crippen LogP contribution in [0.25, 0.3) is 32.5 Å². The minimum Gasteiger partial charge on any atom is -0.481 e. The van der Waals surface area contributed by atoms with Crippen LogP contribution in [-0.4, -0.2) is 16.1 Å². The summed E-state index contributed by atoms with van der Waals surface area (Å²) in [4.78, 5) is 18.5. The van der Waals surface area contributed by atoms with Crippen molar-refractivity contribution in [3.05, 3.63) is 52.0 Å². The van der Waals surface area contributed by atoms with Gasteiger partial charge in [0.2, 0.25) is 0 Å². The number of unbranched alkanes of at least 4 members (excludes halogenated alkanes) is 1. The maximum absolute atomic E-state index is 10.9. The number of fused-ring (bicyclic) bond motifs is 4. The number of rotatable bonds is 6. The van der Waals surface area contributed by atoms with Crippen LogP contribution in [0.15, 0.2) is 34.7 Å². The van der Waals surface area contributed by atoms with Crippen LogP contribution in [0, 0.1) is 6.92 Å². The molecule has 0 amide bonds. The lowest BCUT2D eigenvalue weighted by atomic mass is 9.90. The molecule has 30 heavy (non-hydrogen) atoms. The largest absolute Gasteiger partial charge is 0.481 e. The van der Waals surface area contributed by atoms with Gasteiger partial charge in [-0.25, -0.2) is 4.98 Å². The molecule has 0 bridgehead atoms. The number of aliphatic carboxylic acids is 1. The second-order valence-electron chi connectivity index (χ2n) is 8.19. The molecule has 0 fully saturated rings. The molecule has 154 valence electrons. The van der Waals surface area contributed by atoms with Crippen molar-refractivity contribution in [1.82, 2.24) is 4.98 Å². The van der Waals surface area contributed by atoms with Gasteiger partial charge in [0, 0.05) is 33.3 Å². The number of carboxylic acids is 1. The van der Waals surface area contributed by atoms with Crippen LogP contribution in [0.2, 0.25) is 0 Å². The molecule has 4 aromatic rings. The number of hydrogen-bond acceptors (Lipinski definition) is 4. The molecule has 0 saturated carbocycles. The predicted octanol–water partition coefficient (Wildman–Crippen LogP) is 6.69. The number of thiophene rings is 1. The molecule has 5 rings (SSSR count). The Morgan fingerprint density at radius 2 is 2.03 bits per heavy atom. The molecule has 5 heteroatoms. The van der Waals surface area contributed by atoms with Crippen LogP contribution in [0.3, 0.4) is 0 Å². The lowest BCUT2D eigenvalue weighted by Crippen LogP contribution is -2.02. The van der Waals surface area contributed by atoms with Gasteiger partial charge in [-0.15, -0.1) is 11.3 Å². The fourth-order valence-electron chi connectivity index (χ4n) is 4.70. The maximum Gasteiger partial charge on any atom is 0.303 e. The molecule has 1 aromatic carbocycles. The lowest BCUT2D eigenvalue weighted by Gasteiger charge is -2.15. The van der Waals surface area contributed by atoms with E-state index in [0.717, 1.165) is 52.9 Å². The monoisotopic (exact) mass is 419 g/mol. The number of benzene rings is 1. The van der Waals surface area contributed by atoms with Gasteiger partial charge in [0.05, 0.1) is 0 Å². The van der Waals surface area contributed by atoms with Gasteiger partial charge in [0.25, 0.3) is 0 Å². The summed E-state index contributed by atoms with van der Waals surface area (Å²) in [6.45, 7) is 2.08. The molecule has 0 atom stereocenters. The van der Waals surface area contributed by atoms with Crippen LogP contribution >= 0.6 is 11.3 Å². The predicted molar refractivity (Wildman–Crippen MR) is 121 cm³/mol. The Bertz CT molecular complexity index is 1220. The highest BCUT2D eigenvalue weighted by atomic mass is 32.1. The molecule has 1 aliphatic rings. The van der Waals surface area contributed by atoms with Gasteiger partial charge >= 0.3 is 5.97 Å². The van der Waals surface area contributed by atoms with E-state index in [1.165, 1.54) is 39.8 Å². The van der Waals surface area contributed by atoms with Gasteiger partial charge in [0.1, 0.15) is 16.2 Å². The van der Waals surface area contributed by atoms with E-state index in [-0.39, 0.29) is 6.42 Å². The van der Waals surface area contributed by atoms with E-state index in [1.54, 1.807) is 0 Å². The third kappa shape index (κ3) is 3.41. The number of aryl methyl sites for hydroxylation is 3. The molecule has 0 aliphatic heterocycles.